The molecule has 1 N–H and O–H groups in total. The van der Waals surface area contributed by atoms with Crippen LogP contribution >= 0.6 is 0 Å². The van der Waals surface area contributed by atoms with E-state index >= 15 is 0 Å². The first kappa shape index (κ1) is 13.5. The number of benzene rings is 1. The third kappa shape index (κ3) is 3.09. The van der Waals surface area contributed by atoms with Gasteiger partial charge in [-0.05, 0) is 63.6 Å². The van der Waals surface area contributed by atoms with Gasteiger partial charge >= 0.3 is 0 Å². The predicted molar refractivity (Wildman–Crippen MR) is 73.0 cm³/mol. The Morgan fingerprint density at radius 3 is 2.67 bits per heavy atom. The Hall–Kier alpha value is -0.930. The van der Waals surface area contributed by atoms with Crippen LogP contribution in [0, 0.1) is 11.7 Å². The molecule has 0 bridgehead atoms. The van der Waals surface area contributed by atoms with Gasteiger partial charge in [0.15, 0.2) is 0 Å². The maximum Gasteiger partial charge on any atom is 0.123 e. The lowest BCUT2D eigenvalue weighted by molar-refractivity contribution is 0.191. The van der Waals surface area contributed by atoms with Crippen molar-refractivity contribution < 1.29 is 4.39 Å². The van der Waals surface area contributed by atoms with Crippen molar-refractivity contribution in [3.8, 4) is 0 Å². The molecule has 1 aromatic carbocycles. The Morgan fingerprint density at radius 1 is 1.28 bits per heavy atom. The summed E-state index contributed by atoms with van der Waals surface area (Å²) in [5, 5.41) is 3.30. The van der Waals surface area contributed by atoms with Gasteiger partial charge in [-0.1, -0.05) is 18.6 Å². The highest BCUT2D eigenvalue weighted by molar-refractivity contribution is 5.21. The van der Waals surface area contributed by atoms with Crippen LogP contribution in [-0.4, -0.2) is 32.1 Å². The molecule has 2 unspecified atom stereocenters. The van der Waals surface area contributed by atoms with Crippen LogP contribution in [0.3, 0.4) is 0 Å². The average molecular weight is 250 g/mol. The second-order valence-electron chi connectivity index (χ2n) is 5.29. The molecule has 2 atom stereocenters. The Labute approximate surface area is 109 Å². The highest BCUT2D eigenvalue weighted by Gasteiger charge is 2.28. The zero-order valence-electron chi connectivity index (χ0n) is 11.3. The molecule has 0 amide bonds. The van der Waals surface area contributed by atoms with Gasteiger partial charge in [0, 0.05) is 6.04 Å². The third-order valence-electron chi connectivity index (χ3n) is 3.93. The van der Waals surface area contributed by atoms with Crippen molar-refractivity contribution in [1.82, 2.24) is 10.2 Å². The summed E-state index contributed by atoms with van der Waals surface area (Å²) >= 11 is 0. The molecule has 1 heterocycles. The molecule has 100 valence electrons. The van der Waals surface area contributed by atoms with Crippen molar-refractivity contribution in [3.63, 3.8) is 0 Å². The van der Waals surface area contributed by atoms with Gasteiger partial charge in [-0.25, -0.2) is 4.39 Å². The van der Waals surface area contributed by atoms with Crippen molar-refractivity contribution in [3.05, 3.63) is 35.6 Å². The van der Waals surface area contributed by atoms with E-state index in [0.29, 0.717) is 12.0 Å². The molecule has 3 heteroatoms. The molecule has 2 nitrogen and oxygen atoms in total. The summed E-state index contributed by atoms with van der Waals surface area (Å²) in [5.74, 6) is 0.452. The minimum Gasteiger partial charge on any atom is -0.319 e. The molecule has 0 aliphatic carbocycles. The smallest absolute Gasteiger partial charge is 0.123 e. The molecular formula is C15H23FN2. The highest BCUT2D eigenvalue weighted by Crippen LogP contribution is 2.33. The topological polar surface area (TPSA) is 15.3 Å². The molecule has 1 aliphatic rings. The number of likely N-dealkylation sites (tertiary alicyclic amines) is 1. The van der Waals surface area contributed by atoms with E-state index in [-0.39, 0.29) is 5.82 Å². The second-order valence-corrected chi connectivity index (χ2v) is 5.29. The van der Waals surface area contributed by atoms with E-state index in [9.17, 15) is 4.39 Å². The largest absolute Gasteiger partial charge is 0.319 e. The van der Waals surface area contributed by atoms with Crippen molar-refractivity contribution in [1.29, 1.82) is 0 Å². The van der Waals surface area contributed by atoms with Crippen LogP contribution in [0.1, 0.15) is 30.9 Å². The minimum absolute atomic E-state index is 0.153. The fourth-order valence-corrected chi connectivity index (χ4v) is 3.09. The van der Waals surface area contributed by atoms with Gasteiger partial charge in [0.1, 0.15) is 5.82 Å². The summed E-state index contributed by atoms with van der Waals surface area (Å²) in [7, 11) is 4.19. The second kappa shape index (κ2) is 6.30. The van der Waals surface area contributed by atoms with Gasteiger partial charge in [0.25, 0.3) is 0 Å². The molecule has 1 saturated heterocycles. The molecule has 0 aromatic heterocycles. The highest BCUT2D eigenvalue weighted by atomic mass is 19.1. The van der Waals surface area contributed by atoms with E-state index in [4.69, 9.17) is 0 Å². The number of rotatable bonds is 3. The summed E-state index contributed by atoms with van der Waals surface area (Å²) in [5.41, 5.74) is 1.24. The van der Waals surface area contributed by atoms with E-state index in [1.165, 1.54) is 24.8 Å². The van der Waals surface area contributed by atoms with E-state index in [2.05, 4.69) is 17.3 Å². The van der Waals surface area contributed by atoms with E-state index in [1.54, 1.807) is 12.1 Å². The molecule has 0 spiro atoms. The van der Waals surface area contributed by atoms with Crippen molar-refractivity contribution in [2.45, 2.75) is 25.3 Å². The van der Waals surface area contributed by atoms with Crippen LogP contribution in [0.5, 0.6) is 0 Å². The van der Waals surface area contributed by atoms with E-state index in [0.717, 1.165) is 13.1 Å². The van der Waals surface area contributed by atoms with E-state index < -0.39 is 0 Å². The molecule has 0 radical (unpaired) electrons. The van der Waals surface area contributed by atoms with Gasteiger partial charge in [-0.3, -0.25) is 4.90 Å². The van der Waals surface area contributed by atoms with Crippen LogP contribution in [0.15, 0.2) is 24.3 Å². The third-order valence-corrected chi connectivity index (χ3v) is 3.93. The predicted octanol–water partition coefficient (Wildman–Crippen LogP) is 2.82. The number of hydrogen-bond acceptors (Lipinski definition) is 2. The summed E-state index contributed by atoms with van der Waals surface area (Å²) in [6.07, 6.45) is 3.79. The SMILES string of the molecule is CNCC1CCCCN(C)C1c1ccc(F)cc1. The Bertz CT molecular complexity index is 363. The lowest BCUT2D eigenvalue weighted by Gasteiger charge is -2.32. The van der Waals surface area contributed by atoms with Crippen molar-refractivity contribution in [2.24, 2.45) is 5.92 Å². The van der Waals surface area contributed by atoms with Crippen LogP contribution in [0.2, 0.25) is 0 Å². The summed E-state index contributed by atoms with van der Waals surface area (Å²) in [6.45, 7) is 2.15. The molecule has 0 saturated carbocycles. The quantitative estimate of drug-likeness (QED) is 0.887. The number of halogens is 1. The maximum atomic E-state index is 13.1. The maximum absolute atomic E-state index is 13.1. The first-order valence-electron chi connectivity index (χ1n) is 6.82. The Kier molecular flexibility index (Phi) is 4.72. The summed E-state index contributed by atoms with van der Waals surface area (Å²) < 4.78 is 13.1. The molecular weight excluding hydrogens is 227 g/mol. The van der Waals surface area contributed by atoms with Crippen LogP contribution < -0.4 is 5.32 Å². The van der Waals surface area contributed by atoms with E-state index in [1.807, 2.05) is 19.2 Å². The lowest BCUT2D eigenvalue weighted by atomic mass is 9.89. The van der Waals surface area contributed by atoms with Gasteiger partial charge in [-0.2, -0.15) is 0 Å². The van der Waals surface area contributed by atoms with Gasteiger partial charge in [-0.15, -0.1) is 0 Å². The fraction of sp³-hybridized carbons (Fsp3) is 0.600. The molecule has 18 heavy (non-hydrogen) atoms. The van der Waals surface area contributed by atoms with Crippen molar-refractivity contribution in [2.75, 3.05) is 27.2 Å². The Balaban J connectivity index is 2.24. The standard InChI is InChI=1S/C15H23FN2/c1-17-11-13-5-3-4-10-18(2)15(13)12-6-8-14(16)9-7-12/h6-9,13,15,17H,3-5,10-11H2,1-2H3. The fourth-order valence-electron chi connectivity index (χ4n) is 3.09. The zero-order chi connectivity index (χ0) is 13.0. The summed E-state index contributed by atoms with van der Waals surface area (Å²) in [6, 6.07) is 7.42. The number of nitrogens with zero attached hydrogens (tertiary/aromatic N) is 1. The molecule has 1 aliphatic heterocycles. The molecule has 2 rings (SSSR count). The van der Waals surface area contributed by atoms with Gasteiger partial charge in [0.05, 0.1) is 0 Å². The average Bonchev–Trinajstić information content (AvgIpc) is 2.53. The van der Waals surface area contributed by atoms with Gasteiger partial charge in [0.2, 0.25) is 0 Å². The van der Waals surface area contributed by atoms with Crippen LogP contribution in [-0.2, 0) is 0 Å². The van der Waals surface area contributed by atoms with Crippen molar-refractivity contribution >= 4 is 0 Å². The first-order valence-corrected chi connectivity index (χ1v) is 6.82. The Morgan fingerprint density at radius 2 is 2.00 bits per heavy atom. The number of hydrogen-bond donors (Lipinski definition) is 1. The van der Waals surface area contributed by atoms with Crippen LogP contribution in [0.4, 0.5) is 4.39 Å². The minimum atomic E-state index is -0.153. The monoisotopic (exact) mass is 250 g/mol. The normalized spacial score (nSPS) is 25.9. The first-order chi connectivity index (χ1) is 8.72. The zero-order valence-corrected chi connectivity index (χ0v) is 11.3. The van der Waals surface area contributed by atoms with Crippen LogP contribution in [0.25, 0.3) is 0 Å². The summed E-state index contributed by atoms with van der Waals surface area (Å²) in [4.78, 5) is 2.42. The number of nitrogens with one attached hydrogen (secondary N) is 1. The van der Waals surface area contributed by atoms with Gasteiger partial charge < -0.3 is 5.32 Å². The molecule has 1 aromatic rings. The lowest BCUT2D eigenvalue weighted by Crippen LogP contribution is -2.33. The molecule has 1 fully saturated rings.